The van der Waals surface area contributed by atoms with E-state index in [1.165, 1.54) is 0 Å². The Labute approximate surface area is 239 Å². The lowest BCUT2D eigenvalue weighted by Crippen LogP contribution is -2.34. The van der Waals surface area contributed by atoms with Crippen LogP contribution < -0.4 is 29.6 Å². The highest BCUT2D eigenvalue weighted by Crippen LogP contribution is 2.39. The van der Waals surface area contributed by atoms with Gasteiger partial charge in [-0.05, 0) is 97.4 Å². The number of nitrogens with zero attached hydrogens (tertiary/aromatic N) is 1. The molecule has 0 unspecified atom stereocenters. The van der Waals surface area contributed by atoms with E-state index in [1.54, 1.807) is 37.4 Å². The number of amides is 1. The lowest BCUT2D eigenvalue weighted by molar-refractivity contribution is 0.0976. The third-order valence-electron chi connectivity index (χ3n) is 5.44. The van der Waals surface area contributed by atoms with E-state index in [0.717, 1.165) is 10.0 Å². The third kappa shape index (κ3) is 6.61. The summed E-state index contributed by atoms with van der Waals surface area (Å²) >= 11 is 8.88. The van der Waals surface area contributed by atoms with Gasteiger partial charge in [0.1, 0.15) is 11.3 Å². The van der Waals surface area contributed by atoms with Crippen molar-refractivity contribution < 1.29 is 28.2 Å². The molecular formula is C28H28BrN3O6S. The number of benzene rings is 3. The number of halogens is 1. The van der Waals surface area contributed by atoms with Gasteiger partial charge in [0.2, 0.25) is 11.6 Å². The second-order valence-corrected chi connectivity index (χ2v) is 9.32. The Hall–Kier alpha value is -3.83. The molecule has 0 saturated heterocycles. The van der Waals surface area contributed by atoms with Crippen LogP contribution in [0.2, 0.25) is 0 Å². The smallest absolute Gasteiger partial charge is 0.257 e. The number of carbonyl (C=O) groups is 1. The maximum atomic E-state index is 13.0. The normalized spacial score (nSPS) is 10.7. The Morgan fingerprint density at radius 3 is 2.26 bits per heavy atom. The number of aromatic nitrogens is 1. The molecule has 204 valence electrons. The molecule has 0 aliphatic heterocycles. The van der Waals surface area contributed by atoms with Crippen LogP contribution in [0.1, 0.15) is 31.1 Å². The predicted molar refractivity (Wildman–Crippen MR) is 157 cm³/mol. The number of hydrogen-bond donors (Lipinski definition) is 2. The molecule has 0 bridgehead atoms. The number of oxazole rings is 1. The van der Waals surface area contributed by atoms with E-state index in [-0.39, 0.29) is 5.11 Å². The monoisotopic (exact) mass is 613 g/mol. The van der Waals surface area contributed by atoms with Crippen molar-refractivity contribution in [3.05, 3.63) is 58.6 Å². The number of anilines is 1. The average molecular weight is 615 g/mol. The maximum Gasteiger partial charge on any atom is 0.257 e. The summed E-state index contributed by atoms with van der Waals surface area (Å²) in [7, 11) is 1.61. The summed E-state index contributed by atoms with van der Waals surface area (Å²) in [6.07, 6.45) is 0. The molecule has 3 aromatic carbocycles. The minimum atomic E-state index is -0.424. The van der Waals surface area contributed by atoms with Crippen LogP contribution in [0.5, 0.6) is 23.0 Å². The van der Waals surface area contributed by atoms with Crippen LogP contribution in [0.25, 0.3) is 22.6 Å². The van der Waals surface area contributed by atoms with Crippen molar-refractivity contribution in [1.82, 2.24) is 10.3 Å². The number of fused-ring (bicyclic) bond motifs is 1. The molecule has 2 N–H and O–H groups in total. The number of carbonyl (C=O) groups excluding carboxylic acids is 1. The van der Waals surface area contributed by atoms with Crippen LogP contribution >= 0.6 is 28.1 Å². The Bertz CT molecular complexity index is 1480. The molecule has 0 fully saturated rings. The van der Waals surface area contributed by atoms with Gasteiger partial charge in [0.05, 0.1) is 31.4 Å². The van der Waals surface area contributed by atoms with Gasteiger partial charge in [-0.3, -0.25) is 10.1 Å². The molecule has 11 heteroatoms. The summed E-state index contributed by atoms with van der Waals surface area (Å²) in [6, 6.07) is 14.2. The molecule has 0 radical (unpaired) electrons. The first kappa shape index (κ1) is 28.2. The molecule has 0 aliphatic rings. The number of nitrogens with one attached hydrogen (secondary N) is 2. The number of rotatable bonds is 10. The highest BCUT2D eigenvalue weighted by molar-refractivity contribution is 9.10. The average Bonchev–Trinajstić information content (AvgIpc) is 3.34. The molecule has 4 aromatic rings. The quantitative estimate of drug-likeness (QED) is 0.192. The zero-order valence-electron chi connectivity index (χ0n) is 21.9. The number of ether oxygens (including phenoxy) is 4. The molecule has 0 atom stereocenters. The van der Waals surface area contributed by atoms with E-state index < -0.39 is 5.91 Å². The summed E-state index contributed by atoms with van der Waals surface area (Å²) in [4.78, 5) is 17.6. The van der Waals surface area contributed by atoms with Crippen LogP contribution in [0.4, 0.5) is 5.69 Å². The van der Waals surface area contributed by atoms with Crippen LogP contribution in [0.3, 0.4) is 0 Å². The Morgan fingerprint density at radius 1 is 0.949 bits per heavy atom. The van der Waals surface area contributed by atoms with E-state index in [1.807, 2.05) is 39.0 Å². The second kappa shape index (κ2) is 12.8. The molecule has 4 rings (SSSR count). The first-order valence-electron chi connectivity index (χ1n) is 12.3. The number of hydrogen-bond acceptors (Lipinski definition) is 8. The van der Waals surface area contributed by atoms with Gasteiger partial charge < -0.3 is 28.7 Å². The highest BCUT2D eigenvalue weighted by Gasteiger charge is 2.19. The Morgan fingerprint density at radius 2 is 1.64 bits per heavy atom. The first-order valence-corrected chi connectivity index (χ1v) is 13.5. The minimum absolute atomic E-state index is 0.118. The molecule has 9 nitrogen and oxygen atoms in total. The van der Waals surface area contributed by atoms with Crippen molar-refractivity contribution in [2.45, 2.75) is 20.8 Å². The van der Waals surface area contributed by atoms with Crippen molar-refractivity contribution in [2.24, 2.45) is 0 Å². The summed E-state index contributed by atoms with van der Waals surface area (Å²) in [6.45, 7) is 6.80. The highest BCUT2D eigenvalue weighted by atomic mass is 79.9. The Kier molecular flexibility index (Phi) is 9.26. The molecule has 1 amide bonds. The van der Waals surface area contributed by atoms with Gasteiger partial charge in [0, 0.05) is 16.8 Å². The largest absolute Gasteiger partial charge is 0.496 e. The van der Waals surface area contributed by atoms with Gasteiger partial charge in [-0.25, -0.2) is 4.98 Å². The molecule has 39 heavy (non-hydrogen) atoms. The SMILES string of the molecule is CCOc1cc(C(=O)NC(=S)Nc2ccc3oc(-c4ccc(OC)c(Br)c4)nc3c2)cc(OCC)c1OCC. The summed E-state index contributed by atoms with van der Waals surface area (Å²) < 4.78 is 29.1. The fourth-order valence-corrected chi connectivity index (χ4v) is 4.54. The first-order chi connectivity index (χ1) is 18.9. The standard InChI is InChI=1S/C28H28BrN3O6S/c1-5-35-23-13-17(14-24(36-6-2)25(23)37-7-3)26(33)32-28(39)30-18-9-11-22-20(15-18)31-27(38-22)16-8-10-21(34-4)19(29)12-16/h8-15H,5-7H2,1-4H3,(H2,30,32,33,39). The zero-order valence-corrected chi connectivity index (χ0v) is 24.3. The van der Waals surface area contributed by atoms with Crippen LogP contribution in [0.15, 0.2) is 57.4 Å². The Balaban J connectivity index is 1.50. The van der Waals surface area contributed by atoms with Crippen LogP contribution in [-0.4, -0.2) is 42.9 Å². The van der Waals surface area contributed by atoms with Crippen molar-refractivity contribution >= 4 is 56.0 Å². The van der Waals surface area contributed by atoms with Crippen molar-refractivity contribution in [2.75, 3.05) is 32.2 Å². The third-order valence-corrected chi connectivity index (χ3v) is 6.27. The van der Waals surface area contributed by atoms with Crippen molar-refractivity contribution in [1.29, 1.82) is 0 Å². The minimum Gasteiger partial charge on any atom is -0.496 e. The van der Waals surface area contributed by atoms with E-state index in [2.05, 4.69) is 31.5 Å². The lowest BCUT2D eigenvalue weighted by Gasteiger charge is -2.17. The van der Waals surface area contributed by atoms with Crippen LogP contribution in [0, 0.1) is 0 Å². The topological polar surface area (TPSA) is 104 Å². The lowest BCUT2D eigenvalue weighted by atomic mass is 10.1. The maximum absolute atomic E-state index is 13.0. The molecule has 1 heterocycles. The van der Waals surface area contributed by atoms with E-state index in [0.29, 0.717) is 71.1 Å². The van der Waals surface area contributed by atoms with Gasteiger partial charge in [0.25, 0.3) is 5.91 Å². The molecule has 0 saturated carbocycles. The molecule has 0 aliphatic carbocycles. The summed E-state index contributed by atoms with van der Waals surface area (Å²) in [5.74, 6) is 2.06. The van der Waals surface area contributed by atoms with E-state index >= 15 is 0 Å². The summed E-state index contributed by atoms with van der Waals surface area (Å²) in [5, 5.41) is 5.84. The fourth-order valence-electron chi connectivity index (χ4n) is 3.79. The molecule has 1 aromatic heterocycles. The summed E-state index contributed by atoms with van der Waals surface area (Å²) in [5.41, 5.74) is 2.99. The van der Waals surface area contributed by atoms with Gasteiger partial charge in [-0.15, -0.1) is 0 Å². The molecular weight excluding hydrogens is 586 g/mol. The number of thiocarbonyl (C=S) groups is 1. The van der Waals surface area contributed by atoms with Gasteiger partial charge >= 0.3 is 0 Å². The van der Waals surface area contributed by atoms with Crippen molar-refractivity contribution in [3.63, 3.8) is 0 Å². The van der Waals surface area contributed by atoms with Gasteiger partial charge in [-0.1, -0.05) is 0 Å². The van der Waals surface area contributed by atoms with Gasteiger partial charge in [-0.2, -0.15) is 0 Å². The fraction of sp³-hybridized carbons (Fsp3) is 0.250. The van der Waals surface area contributed by atoms with Crippen LogP contribution in [-0.2, 0) is 0 Å². The zero-order chi connectivity index (χ0) is 27.9. The predicted octanol–water partition coefficient (Wildman–Crippen LogP) is 6.59. The molecule has 0 spiro atoms. The number of methoxy groups -OCH3 is 1. The van der Waals surface area contributed by atoms with Gasteiger partial charge in [0.15, 0.2) is 22.2 Å². The van der Waals surface area contributed by atoms with E-state index in [9.17, 15) is 4.79 Å². The van der Waals surface area contributed by atoms with Crippen molar-refractivity contribution in [3.8, 4) is 34.5 Å². The second-order valence-electron chi connectivity index (χ2n) is 8.06. The van der Waals surface area contributed by atoms with E-state index in [4.69, 9.17) is 35.6 Å².